The van der Waals surface area contributed by atoms with Gasteiger partial charge < -0.3 is 39.0 Å². The SMILES string of the molecule is CC[C@H]1OC(=O)[C@H](C)C(=O)[C@H](C)[C@@H](O[C@@H]2O[C@H](C)C[C@H](N(C)C)[C@H]2O)[C@](C)(OCC#Cc2ccc(CNc3ccccc3)s2)C[C@@H](C)C2=NCCN3C(=O)O[C@@]1(C)[C@H]3[C@H]2C. The van der Waals surface area contributed by atoms with E-state index in [1.54, 1.807) is 23.2 Å². The van der Waals surface area contributed by atoms with E-state index in [-0.39, 0.29) is 30.6 Å². The largest absolute Gasteiger partial charge is 0.458 e. The first-order valence-electron chi connectivity index (χ1n) is 21.4. The lowest BCUT2D eigenvalue weighted by atomic mass is 9.73. The van der Waals surface area contributed by atoms with E-state index in [1.165, 1.54) is 6.92 Å². The van der Waals surface area contributed by atoms with Crippen molar-refractivity contribution in [3.8, 4) is 11.8 Å². The van der Waals surface area contributed by atoms with Crippen molar-refractivity contribution in [3.63, 3.8) is 0 Å². The second-order valence-electron chi connectivity index (χ2n) is 17.7. The Kier molecular flexibility index (Phi) is 14.5. The summed E-state index contributed by atoms with van der Waals surface area (Å²) < 4.78 is 32.3. The van der Waals surface area contributed by atoms with Gasteiger partial charge in [-0.2, -0.15) is 0 Å². The number of carbonyl (C=O) groups excluding carboxylic acids is 3. The van der Waals surface area contributed by atoms with E-state index in [4.69, 9.17) is 28.7 Å². The number of ether oxygens (including phenoxy) is 5. The molecule has 5 heterocycles. The number of amides is 1. The number of hydrogen-bond donors (Lipinski definition) is 2. The van der Waals surface area contributed by atoms with E-state index < -0.39 is 71.5 Å². The van der Waals surface area contributed by atoms with Gasteiger partial charge in [0.15, 0.2) is 17.7 Å². The van der Waals surface area contributed by atoms with Gasteiger partial charge in [0.25, 0.3) is 0 Å². The predicted octanol–water partition coefficient (Wildman–Crippen LogP) is 6.17. The maximum Gasteiger partial charge on any atom is 0.410 e. The summed E-state index contributed by atoms with van der Waals surface area (Å²) in [4.78, 5) is 52.9. The van der Waals surface area contributed by atoms with Crippen molar-refractivity contribution in [2.45, 2.75) is 135 Å². The van der Waals surface area contributed by atoms with Crippen molar-refractivity contribution in [1.29, 1.82) is 0 Å². The van der Waals surface area contributed by atoms with Gasteiger partial charge in [-0.05, 0) is 91.2 Å². The molecular weight excluding hydrogens is 785 g/mol. The summed E-state index contributed by atoms with van der Waals surface area (Å²) >= 11 is 1.60. The number of thiophene rings is 1. The van der Waals surface area contributed by atoms with Gasteiger partial charge in [-0.25, -0.2) is 4.79 Å². The fourth-order valence-corrected chi connectivity index (χ4v) is 10.7. The van der Waals surface area contributed by atoms with Crippen molar-refractivity contribution in [2.24, 2.45) is 28.7 Å². The Morgan fingerprint density at radius 2 is 1.78 bits per heavy atom. The average Bonchev–Trinajstić information content (AvgIpc) is 3.72. The Labute approximate surface area is 359 Å². The Balaban J connectivity index is 1.37. The molecule has 0 aliphatic carbocycles. The van der Waals surface area contributed by atoms with Crippen molar-refractivity contribution >= 4 is 40.6 Å². The van der Waals surface area contributed by atoms with Gasteiger partial charge in [0.05, 0.1) is 35.3 Å². The molecule has 6 rings (SSSR count). The normalized spacial score (nSPS) is 36.3. The average molecular weight is 849 g/mol. The highest BCUT2D eigenvalue weighted by molar-refractivity contribution is 7.12. The lowest BCUT2D eigenvalue weighted by Crippen LogP contribution is -2.60. The quantitative estimate of drug-likeness (QED) is 0.170. The number of carbonyl (C=O) groups is 3. The van der Waals surface area contributed by atoms with Gasteiger partial charge in [-0.3, -0.25) is 19.5 Å². The maximum atomic E-state index is 14.6. The van der Waals surface area contributed by atoms with E-state index in [0.717, 1.165) is 21.2 Å². The number of likely N-dealkylation sites (N-methyl/N-ethyl adjacent to an activating group) is 1. The number of hydrogen-bond acceptors (Lipinski definition) is 13. The molecule has 328 valence electrons. The molecule has 0 spiro atoms. The number of nitrogens with one attached hydrogen (secondary N) is 1. The fraction of sp³-hybridized carbons (Fsp3) is 0.652. The highest BCUT2D eigenvalue weighted by Gasteiger charge is 2.60. The van der Waals surface area contributed by atoms with Crippen LogP contribution in [0.25, 0.3) is 0 Å². The molecule has 4 aliphatic heterocycles. The van der Waals surface area contributed by atoms with Crippen LogP contribution in [0.5, 0.6) is 0 Å². The van der Waals surface area contributed by atoms with Crippen molar-refractivity contribution < 1.29 is 43.2 Å². The molecule has 2 aromatic rings. The van der Waals surface area contributed by atoms with Gasteiger partial charge in [0, 0.05) is 47.2 Å². The number of ketones is 1. The number of para-hydroxylation sites is 1. The molecule has 2 N–H and O–H groups in total. The Morgan fingerprint density at radius 1 is 1.05 bits per heavy atom. The number of cyclic esters (lactones) is 1. The van der Waals surface area contributed by atoms with E-state index in [9.17, 15) is 19.5 Å². The van der Waals surface area contributed by atoms with Crippen LogP contribution >= 0.6 is 11.3 Å². The smallest absolute Gasteiger partial charge is 0.410 e. The maximum absolute atomic E-state index is 14.6. The van der Waals surface area contributed by atoms with E-state index in [0.29, 0.717) is 38.9 Å². The molecule has 3 fully saturated rings. The minimum absolute atomic E-state index is 0.00108. The van der Waals surface area contributed by atoms with Crippen LogP contribution in [-0.4, -0.2) is 126 Å². The molecule has 2 bridgehead atoms. The van der Waals surface area contributed by atoms with Crippen LogP contribution in [-0.2, 0) is 39.8 Å². The van der Waals surface area contributed by atoms with Crippen LogP contribution in [0.3, 0.4) is 0 Å². The second kappa shape index (κ2) is 19.1. The standard InChI is InChI=1S/C46H64N4O9S/c1-11-36-46(8)40-29(4)37(47-21-22-50(40)44(54)59-46)27(2)25-45(7,55-23-15-18-33-19-20-34(60-33)26-48-32-16-13-12-14-17-32)41(30(5)38(51)31(6)42(53)57-36)58-43-39(52)35(49(9)10)24-28(3)56-43/h12-14,16-17,19-20,27-31,35-36,39-41,43,48,52H,11,21-26H2,1-10H3/t27-,28-,29+,30+,31-,35+,36-,39-,40-,41-,43+,45-,46-/m1/s1. The molecular formula is C46H64N4O9S. The zero-order valence-corrected chi connectivity index (χ0v) is 37.6. The number of aliphatic hydroxyl groups is 1. The molecule has 1 amide bonds. The van der Waals surface area contributed by atoms with Crippen LogP contribution in [0.15, 0.2) is 47.5 Å². The zero-order chi connectivity index (χ0) is 43.5. The van der Waals surface area contributed by atoms with Crippen LogP contribution in [0.1, 0.15) is 84.4 Å². The number of Topliss-reactive ketones (excluding diaryl/α,β-unsaturated/α-hetero) is 1. The van der Waals surface area contributed by atoms with Crippen LogP contribution in [0, 0.1) is 35.5 Å². The van der Waals surface area contributed by atoms with Crippen molar-refractivity contribution in [1.82, 2.24) is 9.80 Å². The molecule has 0 saturated carbocycles. The van der Waals surface area contributed by atoms with E-state index in [2.05, 4.69) is 30.1 Å². The summed E-state index contributed by atoms with van der Waals surface area (Å²) in [5, 5.41) is 15.1. The monoisotopic (exact) mass is 848 g/mol. The third kappa shape index (κ3) is 9.62. The minimum Gasteiger partial charge on any atom is -0.458 e. The summed E-state index contributed by atoms with van der Waals surface area (Å²) in [6.45, 7) is 16.3. The van der Waals surface area contributed by atoms with Gasteiger partial charge in [0.1, 0.15) is 24.7 Å². The summed E-state index contributed by atoms with van der Waals surface area (Å²) in [5.74, 6) is 2.69. The first kappa shape index (κ1) is 45.7. The highest BCUT2D eigenvalue weighted by atomic mass is 32.1. The molecule has 1 aromatic heterocycles. The van der Waals surface area contributed by atoms with Gasteiger partial charge in [0.2, 0.25) is 0 Å². The van der Waals surface area contributed by atoms with Gasteiger partial charge in [-0.1, -0.05) is 57.7 Å². The number of rotatable bonds is 9. The summed E-state index contributed by atoms with van der Waals surface area (Å²) in [6, 6.07) is 13.3. The molecule has 14 heteroatoms. The number of aliphatic hydroxyl groups excluding tert-OH is 1. The molecule has 13 atom stereocenters. The highest BCUT2D eigenvalue weighted by Crippen LogP contribution is 2.44. The lowest BCUT2D eigenvalue weighted by molar-refractivity contribution is -0.296. The molecule has 13 nitrogen and oxygen atoms in total. The van der Waals surface area contributed by atoms with Crippen LogP contribution < -0.4 is 5.32 Å². The number of benzene rings is 1. The van der Waals surface area contributed by atoms with Crippen molar-refractivity contribution in [2.75, 3.05) is 39.1 Å². The fourth-order valence-electron chi connectivity index (χ4n) is 9.86. The predicted molar refractivity (Wildman–Crippen MR) is 231 cm³/mol. The molecule has 0 radical (unpaired) electrons. The third-order valence-corrected chi connectivity index (χ3v) is 14.0. The first-order chi connectivity index (χ1) is 28.5. The molecule has 1 aromatic carbocycles. The van der Waals surface area contributed by atoms with Crippen molar-refractivity contribution in [3.05, 3.63) is 52.2 Å². The van der Waals surface area contributed by atoms with Gasteiger partial charge >= 0.3 is 12.1 Å². The first-order valence-corrected chi connectivity index (χ1v) is 22.2. The number of anilines is 1. The number of esters is 1. The number of aliphatic imine (C=N–C) groups is 1. The summed E-state index contributed by atoms with van der Waals surface area (Å²) in [6.07, 6.45) is -3.42. The molecule has 3 saturated heterocycles. The summed E-state index contributed by atoms with van der Waals surface area (Å²) in [7, 11) is 3.81. The molecule has 0 unspecified atom stereocenters. The minimum atomic E-state index is -1.24. The number of fused-ring (bicyclic) bond motifs is 1. The third-order valence-electron chi connectivity index (χ3n) is 13.0. The molecule has 4 aliphatic rings. The van der Waals surface area contributed by atoms with E-state index in [1.807, 2.05) is 90.0 Å². The van der Waals surface area contributed by atoms with Gasteiger partial charge in [-0.15, -0.1) is 11.3 Å². The Hall–Kier alpha value is -3.84. The Morgan fingerprint density at radius 3 is 2.48 bits per heavy atom. The zero-order valence-electron chi connectivity index (χ0n) is 36.8. The Bertz CT molecular complexity index is 1930. The van der Waals surface area contributed by atoms with Crippen LogP contribution in [0.4, 0.5) is 10.5 Å². The van der Waals surface area contributed by atoms with Crippen LogP contribution in [0.2, 0.25) is 0 Å². The summed E-state index contributed by atoms with van der Waals surface area (Å²) in [5.41, 5.74) is -0.529. The molecule has 60 heavy (non-hydrogen) atoms. The lowest BCUT2D eigenvalue weighted by Gasteiger charge is -2.47. The topological polar surface area (TPSA) is 148 Å². The number of nitrogens with zero attached hydrogens (tertiary/aromatic N) is 3. The second-order valence-corrected chi connectivity index (χ2v) is 18.8. The van der Waals surface area contributed by atoms with E-state index >= 15 is 0 Å².